The lowest BCUT2D eigenvalue weighted by atomic mass is 10.1. The summed E-state index contributed by atoms with van der Waals surface area (Å²) in [6.07, 6.45) is 0. The predicted molar refractivity (Wildman–Crippen MR) is 106 cm³/mol. The summed E-state index contributed by atoms with van der Waals surface area (Å²) in [5, 5.41) is 8.18. The third kappa shape index (κ3) is 4.37. The van der Waals surface area contributed by atoms with Crippen molar-refractivity contribution in [2.75, 3.05) is 5.32 Å². The zero-order valence-electron chi connectivity index (χ0n) is 15.1. The highest BCUT2D eigenvalue weighted by atomic mass is 35.5. The van der Waals surface area contributed by atoms with Crippen molar-refractivity contribution in [3.05, 3.63) is 57.3 Å². The van der Waals surface area contributed by atoms with Gasteiger partial charge in [0.15, 0.2) is 5.13 Å². The van der Waals surface area contributed by atoms with Crippen LogP contribution >= 0.6 is 22.9 Å². The van der Waals surface area contributed by atoms with Crippen LogP contribution in [0.4, 0.5) is 5.13 Å². The van der Waals surface area contributed by atoms with Crippen molar-refractivity contribution in [1.82, 2.24) is 10.3 Å². The number of aryl methyl sites for hydroxylation is 2. The van der Waals surface area contributed by atoms with E-state index in [1.165, 1.54) is 18.3 Å². The van der Waals surface area contributed by atoms with Gasteiger partial charge in [-0.25, -0.2) is 4.98 Å². The molecule has 0 radical (unpaired) electrons. The van der Waals surface area contributed by atoms with Gasteiger partial charge in [0.05, 0.1) is 16.3 Å². The second kappa shape index (κ2) is 7.94. The molecule has 2 N–H and O–H groups in total. The molecule has 2 heterocycles. The van der Waals surface area contributed by atoms with E-state index in [4.69, 9.17) is 16.0 Å². The first-order chi connectivity index (χ1) is 12.8. The van der Waals surface area contributed by atoms with E-state index >= 15 is 0 Å². The summed E-state index contributed by atoms with van der Waals surface area (Å²) in [6.45, 7) is 5.38. The number of amides is 2. The first-order valence-electron chi connectivity index (χ1n) is 8.21. The van der Waals surface area contributed by atoms with Crippen LogP contribution in [0, 0.1) is 13.8 Å². The molecule has 0 saturated carbocycles. The summed E-state index contributed by atoms with van der Waals surface area (Å²) in [6, 6.07) is 7.72. The Bertz CT molecular complexity index is 992. The SMILES string of the molecule is CC(=O)NCc1ccc(-c2csc(NC(=O)c3c(C)oc(C)c3Cl)n2)cc1. The fourth-order valence-corrected chi connectivity index (χ4v) is 3.53. The van der Waals surface area contributed by atoms with Gasteiger partial charge in [0, 0.05) is 24.4 Å². The molecule has 8 heteroatoms. The Labute approximate surface area is 165 Å². The predicted octanol–water partition coefficient (Wildman–Crippen LogP) is 4.56. The van der Waals surface area contributed by atoms with Crippen molar-refractivity contribution in [3.8, 4) is 11.3 Å². The lowest BCUT2D eigenvalue weighted by Gasteiger charge is -2.03. The Balaban J connectivity index is 1.71. The molecule has 0 aliphatic carbocycles. The third-order valence-corrected chi connectivity index (χ3v) is 5.14. The van der Waals surface area contributed by atoms with Gasteiger partial charge >= 0.3 is 0 Å². The van der Waals surface area contributed by atoms with Crippen molar-refractivity contribution in [3.63, 3.8) is 0 Å². The Morgan fingerprint density at radius 3 is 2.48 bits per heavy atom. The summed E-state index contributed by atoms with van der Waals surface area (Å²) < 4.78 is 5.39. The first-order valence-corrected chi connectivity index (χ1v) is 9.47. The molecule has 27 heavy (non-hydrogen) atoms. The number of carbonyl (C=O) groups excluding carboxylic acids is 2. The van der Waals surface area contributed by atoms with E-state index in [0.29, 0.717) is 33.8 Å². The Hall–Kier alpha value is -2.64. The fraction of sp³-hybridized carbons (Fsp3) is 0.211. The molecule has 1 aromatic carbocycles. The van der Waals surface area contributed by atoms with Gasteiger partial charge in [-0.3, -0.25) is 14.9 Å². The van der Waals surface area contributed by atoms with Gasteiger partial charge in [-0.05, 0) is 19.4 Å². The van der Waals surface area contributed by atoms with E-state index in [9.17, 15) is 9.59 Å². The number of aromatic nitrogens is 1. The molecule has 0 saturated heterocycles. The number of hydrogen-bond acceptors (Lipinski definition) is 5. The highest BCUT2D eigenvalue weighted by molar-refractivity contribution is 7.14. The summed E-state index contributed by atoms with van der Waals surface area (Å²) in [7, 11) is 0. The van der Waals surface area contributed by atoms with Gasteiger partial charge < -0.3 is 9.73 Å². The van der Waals surface area contributed by atoms with E-state index in [-0.39, 0.29) is 11.8 Å². The van der Waals surface area contributed by atoms with Crippen molar-refractivity contribution < 1.29 is 14.0 Å². The van der Waals surface area contributed by atoms with E-state index in [1.54, 1.807) is 13.8 Å². The molecule has 2 aromatic heterocycles. The number of thiazole rings is 1. The molecule has 3 aromatic rings. The van der Waals surface area contributed by atoms with Crippen molar-refractivity contribution in [1.29, 1.82) is 0 Å². The number of furan rings is 1. The van der Waals surface area contributed by atoms with Crippen LogP contribution < -0.4 is 10.6 Å². The molecule has 140 valence electrons. The molecule has 3 rings (SSSR count). The number of anilines is 1. The molecule has 0 bridgehead atoms. The van der Waals surface area contributed by atoms with Gasteiger partial charge in [-0.1, -0.05) is 35.9 Å². The van der Waals surface area contributed by atoms with Crippen LogP contribution in [-0.2, 0) is 11.3 Å². The van der Waals surface area contributed by atoms with E-state index in [2.05, 4.69) is 15.6 Å². The molecule has 0 aliphatic heterocycles. The monoisotopic (exact) mass is 403 g/mol. The maximum Gasteiger partial charge on any atom is 0.262 e. The minimum atomic E-state index is -0.346. The number of rotatable bonds is 5. The minimum absolute atomic E-state index is 0.0675. The topological polar surface area (TPSA) is 84.2 Å². The molecule has 0 unspecified atom stereocenters. The zero-order valence-corrected chi connectivity index (χ0v) is 16.6. The van der Waals surface area contributed by atoms with Gasteiger partial charge in [-0.15, -0.1) is 11.3 Å². The van der Waals surface area contributed by atoms with Gasteiger partial charge in [-0.2, -0.15) is 0 Å². The van der Waals surface area contributed by atoms with Crippen LogP contribution in [-0.4, -0.2) is 16.8 Å². The Morgan fingerprint density at radius 2 is 1.89 bits per heavy atom. The molecule has 0 spiro atoms. The van der Waals surface area contributed by atoms with E-state index in [1.807, 2.05) is 29.6 Å². The summed E-state index contributed by atoms with van der Waals surface area (Å²) in [5.74, 6) is 0.572. The van der Waals surface area contributed by atoms with Gasteiger partial charge in [0.1, 0.15) is 11.5 Å². The number of hydrogen-bond donors (Lipinski definition) is 2. The molecule has 0 aliphatic rings. The quantitative estimate of drug-likeness (QED) is 0.653. The lowest BCUT2D eigenvalue weighted by molar-refractivity contribution is -0.119. The van der Waals surface area contributed by atoms with Gasteiger partial charge in [0.2, 0.25) is 5.91 Å². The molecular formula is C19H18ClN3O3S. The van der Waals surface area contributed by atoms with E-state index in [0.717, 1.165) is 16.8 Å². The number of benzene rings is 1. The van der Waals surface area contributed by atoms with Gasteiger partial charge in [0.25, 0.3) is 5.91 Å². The van der Waals surface area contributed by atoms with Crippen molar-refractivity contribution in [2.24, 2.45) is 0 Å². The number of nitrogens with one attached hydrogen (secondary N) is 2. The first kappa shape index (κ1) is 19.1. The summed E-state index contributed by atoms with van der Waals surface area (Å²) in [4.78, 5) is 27.9. The third-order valence-electron chi connectivity index (χ3n) is 3.93. The number of carbonyl (C=O) groups is 2. The standard InChI is InChI=1S/C19H18ClN3O3S/c1-10-16(17(20)11(2)26-10)18(25)23-19-22-15(9-27-19)14-6-4-13(5-7-14)8-21-12(3)24/h4-7,9H,8H2,1-3H3,(H,21,24)(H,22,23,25). The molecular weight excluding hydrogens is 386 g/mol. The minimum Gasteiger partial charge on any atom is -0.464 e. The average Bonchev–Trinajstić information content (AvgIpc) is 3.18. The van der Waals surface area contributed by atoms with Crippen LogP contribution in [0.25, 0.3) is 11.3 Å². The van der Waals surface area contributed by atoms with Crippen LogP contribution in [0.2, 0.25) is 5.02 Å². The van der Waals surface area contributed by atoms with Crippen LogP contribution in [0.5, 0.6) is 0 Å². The fourth-order valence-electron chi connectivity index (χ4n) is 2.56. The highest BCUT2D eigenvalue weighted by Crippen LogP contribution is 2.29. The van der Waals surface area contributed by atoms with Crippen molar-refractivity contribution >= 4 is 39.9 Å². The molecule has 0 fully saturated rings. The smallest absolute Gasteiger partial charge is 0.262 e. The van der Waals surface area contributed by atoms with Crippen LogP contribution in [0.15, 0.2) is 34.1 Å². The largest absolute Gasteiger partial charge is 0.464 e. The summed E-state index contributed by atoms with van der Waals surface area (Å²) >= 11 is 7.47. The second-order valence-electron chi connectivity index (χ2n) is 6.00. The maximum absolute atomic E-state index is 12.5. The number of halogens is 1. The summed E-state index contributed by atoms with van der Waals surface area (Å²) in [5.41, 5.74) is 3.01. The van der Waals surface area contributed by atoms with Crippen LogP contribution in [0.1, 0.15) is 34.4 Å². The maximum atomic E-state index is 12.5. The van der Waals surface area contributed by atoms with Crippen molar-refractivity contribution in [2.45, 2.75) is 27.3 Å². The van der Waals surface area contributed by atoms with E-state index < -0.39 is 0 Å². The number of nitrogens with zero attached hydrogens (tertiary/aromatic N) is 1. The van der Waals surface area contributed by atoms with Crippen LogP contribution in [0.3, 0.4) is 0 Å². The zero-order chi connectivity index (χ0) is 19.6. The second-order valence-corrected chi connectivity index (χ2v) is 7.24. The lowest BCUT2D eigenvalue weighted by Crippen LogP contribution is -2.18. The average molecular weight is 404 g/mol. The highest BCUT2D eigenvalue weighted by Gasteiger charge is 2.21. The molecule has 0 atom stereocenters. The Kier molecular flexibility index (Phi) is 5.62. The molecule has 6 nitrogen and oxygen atoms in total. The molecule has 2 amide bonds. The normalized spacial score (nSPS) is 10.7. The Morgan fingerprint density at radius 1 is 1.19 bits per heavy atom.